The first-order chi connectivity index (χ1) is 8.60. The van der Waals surface area contributed by atoms with Gasteiger partial charge in [0, 0.05) is 12.6 Å². The van der Waals surface area contributed by atoms with E-state index in [-0.39, 0.29) is 0 Å². The Hall–Kier alpha value is -0.0600. The fourth-order valence-corrected chi connectivity index (χ4v) is 4.17. The first-order valence-electron chi connectivity index (χ1n) is 6.35. The van der Waals surface area contributed by atoms with Crippen LogP contribution in [0.25, 0.3) is 0 Å². The van der Waals surface area contributed by atoms with Gasteiger partial charge >= 0.3 is 0 Å². The highest BCUT2D eigenvalue weighted by Crippen LogP contribution is 2.34. The summed E-state index contributed by atoms with van der Waals surface area (Å²) in [5.41, 5.74) is 1.27. The molecule has 1 aliphatic carbocycles. The molecule has 1 aliphatic rings. The lowest BCUT2D eigenvalue weighted by molar-refractivity contribution is 0.409. The fraction of sp³-hybridized carbons (Fsp3) is 0.571. The van der Waals surface area contributed by atoms with Crippen molar-refractivity contribution in [1.82, 2.24) is 5.32 Å². The van der Waals surface area contributed by atoms with E-state index in [2.05, 4.69) is 56.2 Å². The van der Waals surface area contributed by atoms with E-state index in [0.717, 1.165) is 27.2 Å². The average Bonchev–Trinajstić information content (AvgIpc) is 2.72. The van der Waals surface area contributed by atoms with Gasteiger partial charge in [-0.05, 0) is 74.7 Å². The summed E-state index contributed by atoms with van der Waals surface area (Å²) in [5, 5.41) is 3.64. The Morgan fingerprint density at radius 1 is 1.28 bits per heavy atom. The predicted molar refractivity (Wildman–Crippen MR) is 82.0 cm³/mol. The molecule has 100 valence electrons. The van der Waals surface area contributed by atoms with Crippen molar-refractivity contribution in [3.63, 3.8) is 0 Å². The van der Waals surface area contributed by atoms with Gasteiger partial charge in [0.2, 0.25) is 0 Å². The van der Waals surface area contributed by atoms with Crippen molar-refractivity contribution in [1.29, 1.82) is 0 Å². The number of ether oxygens (including phenoxy) is 1. The smallest absolute Gasteiger partial charge is 0.147 e. The van der Waals surface area contributed by atoms with Crippen LogP contribution in [0, 0.1) is 5.92 Å². The summed E-state index contributed by atoms with van der Waals surface area (Å²) < 4.78 is 7.30. The van der Waals surface area contributed by atoms with E-state index in [1.165, 1.54) is 24.8 Å². The van der Waals surface area contributed by atoms with Crippen LogP contribution in [0.2, 0.25) is 0 Å². The molecule has 2 rings (SSSR count). The van der Waals surface area contributed by atoms with E-state index < -0.39 is 0 Å². The number of halogens is 2. The fourth-order valence-electron chi connectivity index (χ4n) is 2.56. The van der Waals surface area contributed by atoms with Gasteiger partial charge in [0.1, 0.15) is 5.75 Å². The zero-order valence-electron chi connectivity index (χ0n) is 10.8. The molecule has 1 aromatic carbocycles. The lowest BCUT2D eigenvalue weighted by atomic mass is 10.1. The van der Waals surface area contributed by atoms with Gasteiger partial charge in [-0.1, -0.05) is 6.92 Å². The molecule has 2 nitrogen and oxygen atoms in total. The molecule has 18 heavy (non-hydrogen) atoms. The van der Waals surface area contributed by atoms with E-state index in [4.69, 9.17) is 4.74 Å². The van der Waals surface area contributed by atoms with Gasteiger partial charge in [0.25, 0.3) is 0 Å². The summed E-state index contributed by atoms with van der Waals surface area (Å²) in [4.78, 5) is 0. The zero-order valence-corrected chi connectivity index (χ0v) is 14.0. The van der Waals surface area contributed by atoms with E-state index in [9.17, 15) is 0 Å². The molecule has 0 heterocycles. The lowest BCUT2D eigenvalue weighted by Gasteiger charge is -2.14. The molecule has 2 atom stereocenters. The first-order valence-corrected chi connectivity index (χ1v) is 7.94. The highest BCUT2D eigenvalue weighted by atomic mass is 79.9. The van der Waals surface area contributed by atoms with Crippen molar-refractivity contribution < 1.29 is 4.74 Å². The molecule has 2 unspecified atom stereocenters. The van der Waals surface area contributed by atoms with Crippen molar-refractivity contribution >= 4 is 31.9 Å². The molecule has 0 radical (unpaired) electrons. The second-order valence-corrected chi connectivity index (χ2v) is 6.80. The minimum atomic E-state index is 0.680. The quantitative estimate of drug-likeness (QED) is 0.835. The van der Waals surface area contributed by atoms with Gasteiger partial charge in [-0.25, -0.2) is 0 Å². The van der Waals surface area contributed by atoms with Crippen LogP contribution in [0.4, 0.5) is 0 Å². The topological polar surface area (TPSA) is 21.3 Å². The Bertz CT molecular complexity index is 399. The van der Waals surface area contributed by atoms with Crippen LogP contribution in [-0.4, -0.2) is 13.2 Å². The van der Waals surface area contributed by atoms with E-state index in [1.807, 2.05) is 0 Å². The highest BCUT2D eigenvalue weighted by molar-refractivity contribution is 9.11. The molecule has 0 aliphatic heterocycles. The predicted octanol–water partition coefficient (Wildman–Crippen LogP) is 4.50. The monoisotopic (exact) mass is 375 g/mol. The molecule has 1 fully saturated rings. The van der Waals surface area contributed by atoms with Gasteiger partial charge in [-0.15, -0.1) is 0 Å². The number of hydrogen-bond acceptors (Lipinski definition) is 2. The Morgan fingerprint density at radius 3 is 2.44 bits per heavy atom. The van der Waals surface area contributed by atoms with Crippen LogP contribution >= 0.6 is 31.9 Å². The molecular weight excluding hydrogens is 358 g/mol. The molecule has 0 amide bonds. The Labute approximate surface area is 126 Å². The molecule has 0 aromatic heterocycles. The first kappa shape index (κ1) is 14.4. The van der Waals surface area contributed by atoms with Crippen LogP contribution in [-0.2, 0) is 6.54 Å². The maximum absolute atomic E-state index is 5.31. The molecular formula is C14H19Br2NO. The van der Waals surface area contributed by atoms with Gasteiger partial charge in [0.05, 0.1) is 16.1 Å². The highest BCUT2D eigenvalue weighted by Gasteiger charge is 2.20. The second-order valence-electron chi connectivity index (χ2n) is 5.09. The molecule has 1 N–H and O–H groups in total. The standard InChI is InChI=1S/C14H19Br2NO/c1-9-3-4-11(5-9)17-8-10-6-12(15)14(18-2)13(16)7-10/h6-7,9,11,17H,3-5,8H2,1-2H3. The Morgan fingerprint density at radius 2 is 1.94 bits per heavy atom. The maximum Gasteiger partial charge on any atom is 0.147 e. The number of methoxy groups -OCH3 is 1. The van der Waals surface area contributed by atoms with Crippen molar-refractivity contribution in [2.24, 2.45) is 5.92 Å². The number of nitrogens with one attached hydrogen (secondary N) is 1. The van der Waals surface area contributed by atoms with Crippen molar-refractivity contribution in [2.75, 3.05) is 7.11 Å². The van der Waals surface area contributed by atoms with Crippen LogP contribution in [0.15, 0.2) is 21.1 Å². The van der Waals surface area contributed by atoms with Crippen LogP contribution < -0.4 is 10.1 Å². The normalized spacial score (nSPS) is 23.3. The molecule has 4 heteroatoms. The summed E-state index contributed by atoms with van der Waals surface area (Å²) >= 11 is 7.08. The molecule has 0 saturated heterocycles. The van der Waals surface area contributed by atoms with Crippen LogP contribution in [0.5, 0.6) is 5.75 Å². The zero-order chi connectivity index (χ0) is 13.1. The second kappa shape index (κ2) is 6.40. The summed E-state index contributed by atoms with van der Waals surface area (Å²) in [6.45, 7) is 3.25. The minimum absolute atomic E-state index is 0.680. The molecule has 0 bridgehead atoms. The molecule has 0 spiro atoms. The third-order valence-electron chi connectivity index (χ3n) is 3.55. The van der Waals surface area contributed by atoms with Crippen LogP contribution in [0.3, 0.4) is 0 Å². The van der Waals surface area contributed by atoms with E-state index in [1.54, 1.807) is 7.11 Å². The minimum Gasteiger partial charge on any atom is -0.494 e. The number of benzene rings is 1. The SMILES string of the molecule is COc1c(Br)cc(CNC2CCC(C)C2)cc1Br. The van der Waals surface area contributed by atoms with Crippen molar-refractivity contribution in [3.8, 4) is 5.75 Å². The van der Waals surface area contributed by atoms with Crippen LogP contribution in [0.1, 0.15) is 31.7 Å². The average molecular weight is 377 g/mol. The molecule has 1 saturated carbocycles. The summed E-state index contributed by atoms with van der Waals surface area (Å²) in [7, 11) is 1.68. The maximum atomic E-state index is 5.31. The van der Waals surface area contributed by atoms with Gasteiger partial charge in [-0.2, -0.15) is 0 Å². The summed E-state index contributed by atoms with van der Waals surface area (Å²) in [5.74, 6) is 1.73. The van der Waals surface area contributed by atoms with Gasteiger partial charge < -0.3 is 10.1 Å². The molecule has 1 aromatic rings. The lowest BCUT2D eigenvalue weighted by Crippen LogP contribution is -2.25. The van der Waals surface area contributed by atoms with Crippen molar-refractivity contribution in [2.45, 2.75) is 38.8 Å². The third kappa shape index (κ3) is 3.49. The summed E-state index contributed by atoms with van der Waals surface area (Å²) in [6.07, 6.45) is 3.96. The summed E-state index contributed by atoms with van der Waals surface area (Å²) in [6, 6.07) is 4.92. The largest absolute Gasteiger partial charge is 0.494 e. The van der Waals surface area contributed by atoms with E-state index in [0.29, 0.717) is 6.04 Å². The van der Waals surface area contributed by atoms with Gasteiger partial charge in [-0.3, -0.25) is 0 Å². The Balaban J connectivity index is 1.97. The number of hydrogen-bond donors (Lipinski definition) is 1. The third-order valence-corrected chi connectivity index (χ3v) is 4.73. The van der Waals surface area contributed by atoms with Crippen molar-refractivity contribution in [3.05, 3.63) is 26.6 Å². The Kier molecular flexibility index (Phi) is 5.10. The van der Waals surface area contributed by atoms with E-state index >= 15 is 0 Å². The number of rotatable bonds is 4. The van der Waals surface area contributed by atoms with Gasteiger partial charge in [0.15, 0.2) is 0 Å².